The van der Waals surface area contributed by atoms with Gasteiger partial charge in [-0.05, 0) is 19.9 Å². The maximum absolute atomic E-state index is 13.6. The molecule has 0 bridgehead atoms. The van der Waals surface area contributed by atoms with E-state index in [0.29, 0.717) is 13.1 Å². The highest BCUT2D eigenvalue weighted by Gasteiger charge is 2.27. The van der Waals surface area contributed by atoms with Gasteiger partial charge in [-0.15, -0.1) is 0 Å². The molecule has 0 aliphatic carbocycles. The Kier molecular flexibility index (Phi) is 5.48. The first-order valence-electron chi connectivity index (χ1n) is 6.26. The molecule has 1 amide bonds. The van der Waals surface area contributed by atoms with Crippen molar-refractivity contribution in [2.75, 3.05) is 13.1 Å². The largest absolute Gasteiger partial charge is 0.481 e. The maximum Gasteiger partial charge on any atom is 0.311 e. The number of amides is 1. The van der Waals surface area contributed by atoms with Gasteiger partial charge in [0.05, 0.1) is 5.92 Å². The number of hydrogen-bond donors (Lipinski definition) is 1. The highest BCUT2D eigenvalue weighted by Crippen LogP contribution is 2.23. The quantitative estimate of drug-likeness (QED) is 0.860. The summed E-state index contributed by atoms with van der Waals surface area (Å²) in [5, 5.41) is 9.19. The predicted molar refractivity (Wildman–Crippen MR) is 69.3 cm³/mol. The molecule has 1 atom stereocenters. The number of carbonyl (C=O) groups excluding carboxylic acids is 1. The van der Waals surface area contributed by atoms with Gasteiger partial charge in [-0.3, -0.25) is 9.59 Å². The summed E-state index contributed by atoms with van der Waals surface area (Å²) in [5.74, 6) is -3.21. The summed E-state index contributed by atoms with van der Waals surface area (Å²) in [7, 11) is 0. The zero-order chi connectivity index (χ0) is 14.4. The van der Waals surface area contributed by atoms with E-state index in [1.54, 1.807) is 6.07 Å². The van der Waals surface area contributed by atoms with Crippen molar-refractivity contribution in [1.82, 2.24) is 4.90 Å². The molecule has 19 heavy (non-hydrogen) atoms. The van der Waals surface area contributed by atoms with Crippen LogP contribution in [0.4, 0.5) is 4.39 Å². The maximum atomic E-state index is 13.6. The number of hydrogen-bond acceptors (Lipinski definition) is 2. The molecule has 0 heterocycles. The molecule has 104 valence electrons. The Balaban J connectivity index is 2.95. The van der Waals surface area contributed by atoms with Crippen molar-refractivity contribution in [2.24, 2.45) is 0 Å². The van der Waals surface area contributed by atoms with E-state index in [4.69, 9.17) is 0 Å². The fourth-order valence-electron chi connectivity index (χ4n) is 1.97. The Hall–Kier alpha value is -1.91. The average Bonchev–Trinajstić information content (AvgIpc) is 2.38. The second kappa shape index (κ2) is 6.87. The van der Waals surface area contributed by atoms with Gasteiger partial charge in [0.1, 0.15) is 5.82 Å². The molecule has 0 saturated heterocycles. The molecule has 5 heteroatoms. The fourth-order valence-corrected chi connectivity index (χ4v) is 1.97. The van der Waals surface area contributed by atoms with Gasteiger partial charge in [0, 0.05) is 25.1 Å². The van der Waals surface area contributed by atoms with E-state index in [-0.39, 0.29) is 17.9 Å². The van der Waals surface area contributed by atoms with Crippen LogP contribution in [0.25, 0.3) is 0 Å². The van der Waals surface area contributed by atoms with E-state index in [9.17, 15) is 19.1 Å². The van der Waals surface area contributed by atoms with E-state index in [0.717, 1.165) is 0 Å². The molecule has 1 unspecified atom stereocenters. The number of nitrogens with zero attached hydrogens (tertiary/aromatic N) is 1. The Bertz CT molecular complexity index is 458. The Morgan fingerprint density at radius 3 is 2.32 bits per heavy atom. The average molecular weight is 267 g/mol. The summed E-state index contributed by atoms with van der Waals surface area (Å²) in [6, 6.07) is 5.66. The van der Waals surface area contributed by atoms with Gasteiger partial charge in [0.2, 0.25) is 5.91 Å². The SMILES string of the molecule is CCN(CC)C(=O)CC(C(=O)O)c1ccccc1F. The molecule has 0 radical (unpaired) electrons. The number of halogens is 1. The van der Waals surface area contributed by atoms with E-state index in [1.807, 2.05) is 13.8 Å². The molecule has 0 spiro atoms. The lowest BCUT2D eigenvalue weighted by Gasteiger charge is -2.21. The van der Waals surface area contributed by atoms with Crippen LogP contribution in [0.15, 0.2) is 24.3 Å². The van der Waals surface area contributed by atoms with Crippen LogP contribution in [0.1, 0.15) is 31.7 Å². The highest BCUT2D eigenvalue weighted by atomic mass is 19.1. The molecule has 4 nitrogen and oxygen atoms in total. The smallest absolute Gasteiger partial charge is 0.311 e. The van der Waals surface area contributed by atoms with Crippen LogP contribution in [0.5, 0.6) is 0 Å². The van der Waals surface area contributed by atoms with Crippen molar-refractivity contribution in [3.05, 3.63) is 35.6 Å². The summed E-state index contributed by atoms with van der Waals surface area (Å²) in [5.41, 5.74) is 0.0514. The minimum atomic E-state index is -1.19. The van der Waals surface area contributed by atoms with E-state index in [1.165, 1.54) is 23.1 Å². The van der Waals surface area contributed by atoms with E-state index in [2.05, 4.69) is 0 Å². The molecular formula is C14H18FNO3. The van der Waals surface area contributed by atoms with Crippen molar-refractivity contribution in [2.45, 2.75) is 26.2 Å². The van der Waals surface area contributed by atoms with E-state index < -0.39 is 17.7 Å². The molecule has 1 aromatic carbocycles. The van der Waals surface area contributed by atoms with E-state index >= 15 is 0 Å². The first-order chi connectivity index (χ1) is 9.01. The molecule has 0 aromatic heterocycles. The molecular weight excluding hydrogens is 249 g/mol. The summed E-state index contributed by atoms with van der Waals surface area (Å²) >= 11 is 0. The predicted octanol–water partition coefficient (Wildman–Crippen LogP) is 2.25. The third-order valence-electron chi connectivity index (χ3n) is 3.07. The van der Waals surface area contributed by atoms with Crippen LogP contribution in [0.3, 0.4) is 0 Å². The van der Waals surface area contributed by atoms with Crippen LogP contribution in [0.2, 0.25) is 0 Å². The summed E-state index contributed by atoms with van der Waals surface area (Å²) in [4.78, 5) is 24.7. The minimum absolute atomic E-state index is 0.0514. The van der Waals surface area contributed by atoms with Crippen LogP contribution in [0, 0.1) is 5.82 Å². The second-order valence-corrected chi connectivity index (χ2v) is 4.18. The second-order valence-electron chi connectivity index (χ2n) is 4.18. The lowest BCUT2D eigenvalue weighted by Crippen LogP contribution is -2.33. The van der Waals surface area contributed by atoms with Gasteiger partial charge in [-0.2, -0.15) is 0 Å². The van der Waals surface area contributed by atoms with Crippen LogP contribution in [-0.2, 0) is 9.59 Å². The van der Waals surface area contributed by atoms with Gasteiger partial charge >= 0.3 is 5.97 Å². The summed E-state index contributed by atoms with van der Waals surface area (Å²) in [6.45, 7) is 4.67. The van der Waals surface area contributed by atoms with Crippen molar-refractivity contribution < 1.29 is 19.1 Å². The molecule has 1 aromatic rings. The van der Waals surface area contributed by atoms with Gasteiger partial charge in [-0.1, -0.05) is 18.2 Å². The van der Waals surface area contributed by atoms with Gasteiger partial charge < -0.3 is 10.0 Å². The zero-order valence-corrected chi connectivity index (χ0v) is 11.1. The number of carbonyl (C=O) groups is 2. The summed E-state index contributed by atoms with van der Waals surface area (Å²) in [6.07, 6.45) is -0.224. The highest BCUT2D eigenvalue weighted by molar-refractivity contribution is 5.85. The summed E-state index contributed by atoms with van der Waals surface area (Å²) < 4.78 is 13.6. The van der Waals surface area contributed by atoms with Crippen LogP contribution < -0.4 is 0 Å². The normalized spacial score (nSPS) is 11.9. The first kappa shape index (κ1) is 15.1. The lowest BCUT2D eigenvalue weighted by molar-refractivity contribution is -0.142. The number of benzene rings is 1. The first-order valence-corrected chi connectivity index (χ1v) is 6.26. The number of rotatable bonds is 6. The number of aliphatic carboxylic acids is 1. The topological polar surface area (TPSA) is 57.6 Å². The molecule has 1 N–H and O–H groups in total. The third kappa shape index (κ3) is 3.77. The van der Waals surface area contributed by atoms with Crippen molar-refractivity contribution in [3.8, 4) is 0 Å². The van der Waals surface area contributed by atoms with Crippen molar-refractivity contribution in [1.29, 1.82) is 0 Å². The Labute approximate surface area is 111 Å². The molecule has 0 saturated carbocycles. The minimum Gasteiger partial charge on any atom is -0.481 e. The van der Waals surface area contributed by atoms with Gasteiger partial charge in [0.15, 0.2) is 0 Å². The molecule has 1 rings (SSSR count). The Morgan fingerprint density at radius 2 is 1.84 bits per heavy atom. The number of carboxylic acid groups (broad SMARTS) is 1. The molecule has 0 aliphatic rings. The monoisotopic (exact) mass is 267 g/mol. The molecule has 0 fully saturated rings. The van der Waals surface area contributed by atoms with Crippen LogP contribution >= 0.6 is 0 Å². The lowest BCUT2D eigenvalue weighted by atomic mass is 9.94. The Morgan fingerprint density at radius 1 is 1.26 bits per heavy atom. The standard InChI is InChI=1S/C14H18FNO3/c1-3-16(4-2)13(17)9-11(14(18)19)10-7-5-6-8-12(10)15/h5-8,11H,3-4,9H2,1-2H3,(H,18,19). The van der Waals surface area contributed by atoms with Crippen molar-refractivity contribution in [3.63, 3.8) is 0 Å². The number of carboxylic acids is 1. The van der Waals surface area contributed by atoms with Gasteiger partial charge in [-0.25, -0.2) is 4.39 Å². The van der Waals surface area contributed by atoms with Crippen LogP contribution in [-0.4, -0.2) is 35.0 Å². The molecule has 0 aliphatic heterocycles. The van der Waals surface area contributed by atoms with Gasteiger partial charge in [0.25, 0.3) is 0 Å². The van der Waals surface area contributed by atoms with Crippen molar-refractivity contribution >= 4 is 11.9 Å². The third-order valence-corrected chi connectivity index (χ3v) is 3.07. The zero-order valence-electron chi connectivity index (χ0n) is 11.1. The fraction of sp³-hybridized carbons (Fsp3) is 0.429.